The molecule has 1 aromatic carbocycles. The summed E-state index contributed by atoms with van der Waals surface area (Å²) in [6, 6.07) is 11.7. The number of ether oxygens (including phenoxy) is 1. The lowest BCUT2D eigenvalue weighted by Gasteiger charge is -2.13. The van der Waals surface area contributed by atoms with E-state index in [0.717, 1.165) is 11.3 Å². The first kappa shape index (κ1) is 20.3. The molecule has 2 aromatic rings. The van der Waals surface area contributed by atoms with Crippen LogP contribution in [0.3, 0.4) is 0 Å². The van der Waals surface area contributed by atoms with E-state index in [1.807, 2.05) is 30.3 Å². The quantitative estimate of drug-likeness (QED) is 0.628. The van der Waals surface area contributed by atoms with Crippen molar-refractivity contribution in [3.8, 4) is 5.75 Å². The van der Waals surface area contributed by atoms with E-state index in [9.17, 15) is 14.4 Å². The number of carbonyl (C=O) groups excluding carboxylic acids is 3. The number of hydrogen-bond acceptors (Lipinski definition) is 5. The number of amides is 4. The molecule has 0 saturated carbocycles. The van der Waals surface area contributed by atoms with Crippen LogP contribution in [0.5, 0.6) is 5.75 Å². The van der Waals surface area contributed by atoms with Crippen molar-refractivity contribution in [3.63, 3.8) is 0 Å². The summed E-state index contributed by atoms with van der Waals surface area (Å²) in [6.45, 7) is 0.659. The maximum Gasteiger partial charge on any atom is 0.325 e. The number of nitrogens with one attached hydrogen (secondary N) is 2. The van der Waals surface area contributed by atoms with Crippen LogP contribution < -0.4 is 15.4 Å². The molecule has 0 unspecified atom stereocenters. The first-order chi connectivity index (χ1) is 14.1. The van der Waals surface area contributed by atoms with Crippen LogP contribution in [-0.2, 0) is 22.6 Å². The van der Waals surface area contributed by atoms with Gasteiger partial charge in [-0.05, 0) is 36.2 Å². The summed E-state index contributed by atoms with van der Waals surface area (Å²) in [6.07, 6.45) is 2.78. The lowest BCUT2D eigenvalue weighted by atomic mass is 10.1. The Balaban J connectivity index is 1.43. The SMILES string of the molecule is COc1ccc(CN2C(=O)N[C@H](CCC(=O)NCCc3ccccn3)C2=O)cc1. The van der Waals surface area contributed by atoms with Gasteiger partial charge >= 0.3 is 6.03 Å². The minimum absolute atomic E-state index is 0.156. The molecule has 29 heavy (non-hydrogen) atoms. The molecule has 1 atom stereocenters. The van der Waals surface area contributed by atoms with Gasteiger partial charge in [0.15, 0.2) is 0 Å². The van der Waals surface area contributed by atoms with E-state index in [4.69, 9.17) is 4.74 Å². The molecule has 2 heterocycles. The van der Waals surface area contributed by atoms with Crippen LogP contribution in [0.4, 0.5) is 4.79 Å². The van der Waals surface area contributed by atoms with Crippen LogP contribution in [-0.4, -0.2) is 47.4 Å². The Bertz CT molecular complexity index is 855. The number of aromatic nitrogens is 1. The predicted molar refractivity (Wildman–Crippen MR) is 106 cm³/mol. The maximum atomic E-state index is 12.5. The monoisotopic (exact) mass is 396 g/mol. The van der Waals surface area contributed by atoms with E-state index in [1.54, 1.807) is 25.4 Å². The van der Waals surface area contributed by atoms with Crippen molar-refractivity contribution in [3.05, 3.63) is 59.9 Å². The second kappa shape index (κ2) is 9.68. The fourth-order valence-electron chi connectivity index (χ4n) is 3.08. The maximum absolute atomic E-state index is 12.5. The third kappa shape index (κ3) is 5.54. The molecular formula is C21H24N4O4. The summed E-state index contributed by atoms with van der Waals surface area (Å²) in [5.41, 5.74) is 1.72. The molecule has 4 amide bonds. The van der Waals surface area contributed by atoms with Gasteiger partial charge in [0.25, 0.3) is 5.91 Å². The Labute approximate surface area is 169 Å². The molecule has 8 nitrogen and oxygen atoms in total. The smallest absolute Gasteiger partial charge is 0.325 e. The molecule has 8 heteroatoms. The molecule has 1 saturated heterocycles. The summed E-state index contributed by atoms with van der Waals surface area (Å²) < 4.78 is 5.10. The lowest BCUT2D eigenvalue weighted by molar-refractivity contribution is -0.128. The number of imide groups is 1. The van der Waals surface area contributed by atoms with Crippen LogP contribution in [0.15, 0.2) is 48.7 Å². The summed E-state index contributed by atoms with van der Waals surface area (Å²) in [4.78, 5) is 42.1. The molecule has 0 spiro atoms. The van der Waals surface area contributed by atoms with Gasteiger partial charge in [0.1, 0.15) is 11.8 Å². The van der Waals surface area contributed by atoms with Gasteiger partial charge in [-0.1, -0.05) is 18.2 Å². The average molecular weight is 396 g/mol. The second-order valence-electron chi connectivity index (χ2n) is 6.73. The molecule has 3 rings (SSSR count). The Morgan fingerprint density at radius 2 is 2.00 bits per heavy atom. The average Bonchev–Trinajstić information content (AvgIpc) is 3.01. The first-order valence-corrected chi connectivity index (χ1v) is 9.48. The molecule has 0 aliphatic carbocycles. The van der Waals surface area contributed by atoms with E-state index in [-0.39, 0.29) is 31.2 Å². The van der Waals surface area contributed by atoms with Crippen molar-refractivity contribution >= 4 is 17.8 Å². The third-order valence-corrected chi connectivity index (χ3v) is 4.70. The first-order valence-electron chi connectivity index (χ1n) is 9.48. The number of benzene rings is 1. The van der Waals surface area contributed by atoms with Gasteiger partial charge in [-0.3, -0.25) is 19.5 Å². The largest absolute Gasteiger partial charge is 0.497 e. The van der Waals surface area contributed by atoms with Crippen LogP contribution >= 0.6 is 0 Å². The van der Waals surface area contributed by atoms with Crippen molar-refractivity contribution in [2.24, 2.45) is 0 Å². The zero-order valence-corrected chi connectivity index (χ0v) is 16.3. The number of carbonyl (C=O) groups is 3. The standard InChI is InChI=1S/C21H24N4O4/c1-29-17-7-5-15(6-8-17)14-25-20(27)18(24-21(25)28)9-10-19(26)23-13-11-16-4-2-3-12-22-16/h2-8,12,18H,9-11,13-14H2,1H3,(H,23,26)(H,24,28)/t18-/m1/s1. The second-order valence-corrected chi connectivity index (χ2v) is 6.73. The van der Waals surface area contributed by atoms with Gasteiger partial charge < -0.3 is 15.4 Å². The Morgan fingerprint density at radius 3 is 2.69 bits per heavy atom. The Kier molecular flexibility index (Phi) is 6.78. The van der Waals surface area contributed by atoms with Crippen LogP contribution in [0.1, 0.15) is 24.1 Å². The van der Waals surface area contributed by atoms with Crippen LogP contribution in [0.25, 0.3) is 0 Å². The van der Waals surface area contributed by atoms with E-state index in [0.29, 0.717) is 18.7 Å². The van der Waals surface area contributed by atoms with Crippen molar-refractivity contribution in [2.45, 2.75) is 31.8 Å². The highest BCUT2D eigenvalue weighted by molar-refractivity contribution is 6.04. The van der Waals surface area contributed by atoms with Gasteiger partial charge in [-0.2, -0.15) is 0 Å². The highest BCUT2D eigenvalue weighted by Crippen LogP contribution is 2.17. The summed E-state index contributed by atoms with van der Waals surface area (Å²) >= 11 is 0. The van der Waals surface area contributed by atoms with Crippen LogP contribution in [0.2, 0.25) is 0 Å². The molecule has 1 aliphatic rings. The highest BCUT2D eigenvalue weighted by Gasteiger charge is 2.37. The molecule has 1 aliphatic heterocycles. The Morgan fingerprint density at radius 1 is 1.21 bits per heavy atom. The molecule has 2 N–H and O–H groups in total. The number of nitrogens with zero attached hydrogens (tertiary/aromatic N) is 2. The molecule has 1 aromatic heterocycles. The number of hydrogen-bond donors (Lipinski definition) is 2. The molecule has 0 bridgehead atoms. The minimum atomic E-state index is -0.678. The topological polar surface area (TPSA) is 101 Å². The van der Waals surface area contributed by atoms with E-state index >= 15 is 0 Å². The number of rotatable bonds is 9. The van der Waals surface area contributed by atoms with Gasteiger partial charge in [0, 0.05) is 31.3 Å². The van der Waals surface area contributed by atoms with Crippen molar-refractivity contribution in [1.82, 2.24) is 20.5 Å². The lowest BCUT2D eigenvalue weighted by Crippen LogP contribution is -2.33. The zero-order chi connectivity index (χ0) is 20.6. The molecule has 152 valence electrons. The fraction of sp³-hybridized carbons (Fsp3) is 0.333. The van der Waals surface area contributed by atoms with E-state index < -0.39 is 12.1 Å². The number of methoxy groups -OCH3 is 1. The summed E-state index contributed by atoms with van der Waals surface area (Å²) in [7, 11) is 1.58. The Hall–Kier alpha value is -3.42. The summed E-state index contributed by atoms with van der Waals surface area (Å²) in [5.74, 6) is 0.238. The molecular weight excluding hydrogens is 372 g/mol. The van der Waals surface area contributed by atoms with Crippen molar-refractivity contribution in [2.75, 3.05) is 13.7 Å². The molecule has 1 fully saturated rings. The normalized spacial score (nSPS) is 15.9. The van der Waals surface area contributed by atoms with Gasteiger partial charge in [-0.15, -0.1) is 0 Å². The zero-order valence-electron chi connectivity index (χ0n) is 16.3. The van der Waals surface area contributed by atoms with Crippen molar-refractivity contribution in [1.29, 1.82) is 0 Å². The minimum Gasteiger partial charge on any atom is -0.497 e. The number of urea groups is 1. The van der Waals surface area contributed by atoms with E-state index in [1.165, 1.54) is 4.90 Å². The fourth-order valence-corrected chi connectivity index (χ4v) is 3.08. The highest BCUT2D eigenvalue weighted by atomic mass is 16.5. The van der Waals surface area contributed by atoms with Gasteiger partial charge in [0.05, 0.1) is 13.7 Å². The van der Waals surface area contributed by atoms with Gasteiger partial charge in [0.2, 0.25) is 5.91 Å². The van der Waals surface area contributed by atoms with Crippen molar-refractivity contribution < 1.29 is 19.1 Å². The number of pyridine rings is 1. The predicted octanol–water partition coefficient (Wildman–Crippen LogP) is 1.65. The van der Waals surface area contributed by atoms with Crippen LogP contribution in [0, 0.1) is 0 Å². The molecule has 0 radical (unpaired) electrons. The van der Waals surface area contributed by atoms with E-state index in [2.05, 4.69) is 15.6 Å². The summed E-state index contributed by atoms with van der Waals surface area (Å²) in [5, 5.41) is 5.47. The third-order valence-electron chi connectivity index (χ3n) is 4.70. The van der Waals surface area contributed by atoms with Gasteiger partial charge in [-0.25, -0.2) is 4.79 Å².